The maximum Gasteiger partial charge on any atom is 0.274 e. The fourth-order valence-corrected chi connectivity index (χ4v) is 2.74. The van der Waals surface area contributed by atoms with Crippen LogP contribution in [0.15, 0.2) is 60.8 Å². The van der Waals surface area contributed by atoms with Gasteiger partial charge in [0.2, 0.25) is 5.95 Å². The zero-order chi connectivity index (χ0) is 20.1. The quantitative estimate of drug-likeness (QED) is 0.697. The van der Waals surface area contributed by atoms with Gasteiger partial charge in [0.1, 0.15) is 5.69 Å². The highest BCUT2D eigenvalue weighted by molar-refractivity contribution is 6.03. The van der Waals surface area contributed by atoms with Crippen molar-refractivity contribution in [1.82, 2.24) is 9.97 Å². The van der Waals surface area contributed by atoms with Crippen LogP contribution in [0.2, 0.25) is 0 Å². The highest BCUT2D eigenvalue weighted by atomic mass is 16.1. The summed E-state index contributed by atoms with van der Waals surface area (Å²) in [5.74, 6) is 0.00319. The van der Waals surface area contributed by atoms with Gasteiger partial charge in [-0.15, -0.1) is 0 Å². The predicted octanol–water partition coefficient (Wildman–Crippen LogP) is 4.64. The monoisotopic (exact) mass is 371 g/mol. The molecule has 1 aromatic heterocycles. The van der Waals surface area contributed by atoms with Crippen molar-refractivity contribution in [3.63, 3.8) is 0 Å². The molecule has 2 aromatic carbocycles. The third-order valence-corrected chi connectivity index (χ3v) is 4.14. The SMILES string of the molecule is CC(C)(C)c1ccccc1Nc1nccc(C(=O)Nc2ccc(C#N)cc2)n1. The van der Waals surface area contributed by atoms with Crippen LogP contribution < -0.4 is 10.6 Å². The van der Waals surface area contributed by atoms with Gasteiger partial charge in [-0.2, -0.15) is 5.26 Å². The average Bonchev–Trinajstić information content (AvgIpc) is 2.68. The third kappa shape index (κ3) is 4.51. The number of para-hydroxylation sites is 1. The summed E-state index contributed by atoms with van der Waals surface area (Å²) in [4.78, 5) is 21.1. The molecule has 2 N–H and O–H groups in total. The molecule has 0 aliphatic carbocycles. The van der Waals surface area contributed by atoms with Gasteiger partial charge in [0.15, 0.2) is 0 Å². The largest absolute Gasteiger partial charge is 0.324 e. The van der Waals surface area contributed by atoms with Gasteiger partial charge in [-0.05, 0) is 47.4 Å². The molecule has 0 bridgehead atoms. The Morgan fingerprint density at radius 3 is 2.43 bits per heavy atom. The Labute approximate surface area is 164 Å². The van der Waals surface area contributed by atoms with Gasteiger partial charge in [-0.3, -0.25) is 4.79 Å². The molecule has 0 saturated carbocycles. The van der Waals surface area contributed by atoms with Crippen LogP contribution >= 0.6 is 0 Å². The molecule has 28 heavy (non-hydrogen) atoms. The summed E-state index contributed by atoms with van der Waals surface area (Å²) in [5.41, 5.74) is 3.36. The van der Waals surface area contributed by atoms with Crippen molar-refractivity contribution in [1.29, 1.82) is 5.26 Å². The van der Waals surface area contributed by atoms with E-state index in [-0.39, 0.29) is 17.0 Å². The first kappa shape index (κ1) is 19.1. The molecule has 6 heteroatoms. The number of aromatic nitrogens is 2. The molecule has 0 saturated heterocycles. The normalized spacial score (nSPS) is 10.8. The minimum absolute atomic E-state index is 0.0475. The minimum atomic E-state index is -0.348. The van der Waals surface area contributed by atoms with E-state index in [4.69, 9.17) is 5.26 Å². The van der Waals surface area contributed by atoms with E-state index in [0.29, 0.717) is 17.2 Å². The molecule has 0 aliphatic rings. The van der Waals surface area contributed by atoms with Gasteiger partial charge in [0.05, 0.1) is 11.6 Å². The highest BCUT2D eigenvalue weighted by Crippen LogP contribution is 2.30. The summed E-state index contributed by atoms with van der Waals surface area (Å²) in [6.07, 6.45) is 1.54. The second-order valence-corrected chi connectivity index (χ2v) is 7.33. The summed E-state index contributed by atoms with van der Waals surface area (Å²) in [7, 11) is 0. The summed E-state index contributed by atoms with van der Waals surface area (Å²) in [5, 5.41) is 14.8. The van der Waals surface area contributed by atoms with Gasteiger partial charge in [-0.1, -0.05) is 39.0 Å². The number of rotatable bonds is 4. The highest BCUT2D eigenvalue weighted by Gasteiger charge is 2.18. The van der Waals surface area contributed by atoms with Crippen molar-refractivity contribution < 1.29 is 4.79 Å². The fraction of sp³-hybridized carbons (Fsp3) is 0.182. The molecular formula is C22H21N5O. The maximum absolute atomic E-state index is 12.5. The molecule has 0 atom stereocenters. The van der Waals surface area contributed by atoms with Crippen LogP contribution in [0.4, 0.5) is 17.3 Å². The average molecular weight is 371 g/mol. The van der Waals surface area contributed by atoms with Crippen LogP contribution in [0.25, 0.3) is 0 Å². The summed E-state index contributed by atoms with van der Waals surface area (Å²) in [6.45, 7) is 6.40. The number of nitrogens with one attached hydrogen (secondary N) is 2. The number of carbonyl (C=O) groups is 1. The van der Waals surface area contributed by atoms with Gasteiger partial charge in [0, 0.05) is 17.6 Å². The smallest absolute Gasteiger partial charge is 0.274 e. The van der Waals surface area contributed by atoms with E-state index >= 15 is 0 Å². The van der Waals surface area contributed by atoms with E-state index in [2.05, 4.69) is 47.4 Å². The zero-order valence-electron chi connectivity index (χ0n) is 16.0. The van der Waals surface area contributed by atoms with Crippen molar-refractivity contribution in [3.05, 3.63) is 77.6 Å². The predicted molar refractivity (Wildman–Crippen MR) is 110 cm³/mol. The van der Waals surface area contributed by atoms with Gasteiger partial charge < -0.3 is 10.6 Å². The second-order valence-electron chi connectivity index (χ2n) is 7.33. The number of hydrogen-bond donors (Lipinski definition) is 2. The van der Waals surface area contributed by atoms with E-state index in [1.165, 1.54) is 0 Å². The van der Waals surface area contributed by atoms with Crippen LogP contribution in [-0.2, 0) is 5.41 Å². The van der Waals surface area contributed by atoms with E-state index in [1.807, 2.05) is 24.3 Å². The topological polar surface area (TPSA) is 90.7 Å². The number of carbonyl (C=O) groups excluding carboxylic acids is 1. The van der Waals surface area contributed by atoms with Crippen molar-refractivity contribution in [2.45, 2.75) is 26.2 Å². The fourth-order valence-electron chi connectivity index (χ4n) is 2.74. The molecule has 0 unspecified atom stereocenters. The Kier molecular flexibility index (Phi) is 5.37. The lowest BCUT2D eigenvalue weighted by molar-refractivity contribution is 0.102. The Morgan fingerprint density at radius 1 is 1.04 bits per heavy atom. The number of nitrogens with zero attached hydrogens (tertiary/aromatic N) is 3. The Bertz CT molecular complexity index is 1030. The van der Waals surface area contributed by atoms with Gasteiger partial charge in [0.25, 0.3) is 5.91 Å². The van der Waals surface area contributed by atoms with Crippen LogP contribution in [0.3, 0.4) is 0 Å². The molecule has 3 rings (SSSR count). The first-order chi connectivity index (χ1) is 13.4. The first-order valence-corrected chi connectivity index (χ1v) is 8.88. The Hall–Kier alpha value is -3.72. The molecule has 0 spiro atoms. The molecule has 3 aromatic rings. The molecule has 0 radical (unpaired) electrons. The van der Waals surface area contributed by atoms with Crippen LogP contribution in [0, 0.1) is 11.3 Å². The number of nitriles is 1. The minimum Gasteiger partial charge on any atom is -0.324 e. The standard InChI is InChI=1S/C22H21N5O/c1-22(2,3)17-6-4-5-7-18(17)26-21-24-13-12-19(27-21)20(28)25-16-10-8-15(14-23)9-11-16/h4-13H,1-3H3,(H,25,28)(H,24,26,27). The lowest BCUT2D eigenvalue weighted by atomic mass is 9.86. The van der Waals surface area contributed by atoms with Gasteiger partial charge >= 0.3 is 0 Å². The summed E-state index contributed by atoms with van der Waals surface area (Å²) in [6, 6.07) is 18.2. The molecule has 6 nitrogen and oxygen atoms in total. The maximum atomic E-state index is 12.5. The van der Waals surface area contributed by atoms with Crippen LogP contribution in [0.5, 0.6) is 0 Å². The van der Waals surface area contributed by atoms with E-state index < -0.39 is 0 Å². The summed E-state index contributed by atoms with van der Waals surface area (Å²) >= 11 is 0. The number of anilines is 3. The van der Waals surface area contributed by atoms with E-state index in [1.54, 1.807) is 36.5 Å². The van der Waals surface area contributed by atoms with E-state index in [9.17, 15) is 4.79 Å². The second kappa shape index (κ2) is 7.89. The lowest BCUT2D eigenvalue weighted by Crippen LogP contribution is -2.16. The Balaban J connectivity index is 1.79. The van der Waals surface area contributed by atoms with Crippen molar-refractivity contribution in [3.8, 4) is 6.07 Å². The first-order valence-electron chi connectivity index (χ1n) is 8.88. The molecule has 140 valence electrons. The van der Waals surface area contributed by atoms with E-state index in [0.717, 1.165) is 11.3 Å². The van der Waals surface area contributed by atoms with Crippen molar-refractivity contribution in [2.24, 2.45) is 0 Å². The third-order valence-electron chi connectivity index (χ3n) is 4.14. The Morgan fingerprint density at radius 2 is 1.75 bits per heavy atom. The number of hydrogen-bond acceptors (Lipinski definition) is 5. The molecule has 0 aliphatic heterocycles. The lowest BCUT2D eigenvalue weighted by Gasteiger charge is -2.23. The molecule has 0 fully saturated rings. The van der Waals surface area contributed by atoms with Crippen molar-refractivity contribution in [2.75, 3.05) is 10.6 Å². The zero-order valence-corrected chi connectivity index (χ0v) is 16.0. The number of benzene rings is 2. The number of amides is 1. The van der Waals surface area contributed by atoms with Crippen molar-refractivity contribution >= 4 is 23.2 Å². The molecule has 1 amide bonds. The molecule has 1 heterocycles. The van der Waals surface area contributed by atoms with Gasteiger partial charge in [-0.25, -0.2) is 9.97 Å². The van der Waals surface area contributed by atoms with Crippen LogP contribution in [-0.4, -0.2) is 15.9 Å². The molecular weight excluding hydrogens is 350 g/mol. The summed E-state index contributed by atoms with van der Waals surface area (Å²) < 4.78 is 0. The van der Waals surface area contributed by atoms with Crippen LogP contribution in [0.1, 0.15) is 42.4 Å².